The Kier molecular flexibility index (Phi) is 4.51. The van der Waals surface area contributed by atoms with E-state index in [1.807, 2.05) is 50.4 Å². The Hall–Kier alpha value is -2.45. The van der Waals surface area contributed by atoms with Gasteiger partial charge in [0.1, 0.15) is 11.6 Å². The number of aryl methyl sites for hydroxylation is 3. The quantitative estimate of drug-likeness (QED) is 0.695. The smallest absolute Gasteiger partial charge is 0.266 e. The van der Waals surface area contributed by atoms with Gasteiger partial charge >= 0.3 is 0 Å². The first-order valence-corrected chi connectivity index (χ1v) is 7.30. The van der Waals surface area contributed by atoms with E-state index in [-0.39, 0.29) is 5.57 Å². The van der Waals surface area contributed by atoms with Crippen molar-refractivity contribution in [1.82, 2.24) is 4.98 Å². The molecule has 106 valence electrons. The number of rotatable bonds is 3. The van der Waals surface area contributed by atoms with Gasteiger partial charge in [-0.3, -0.25) is 4.79 Å². The third-order valence-electron chi connectivity index (χ3n) is 3.01. The average molecular weight is 297 g/mol. The molecule has 0 aliphatic heterocycles. The van der Waals surface area contributed by atoms with Gasteiger partial charge in [0.25, 0.3) is 5.91 Å². The van der Waals surface area contributed by atoms with E-state index >= 15 is 0 Å². The predicted molar refractivity (Wildman–Crippen MR) is 85.0 cm³/mol. The maximum atomic E-state index is 12.2. The molecule has 2 aromatic rings. The first-order valence-electron chi connectivity index (χ1n) is 6.42. The lowest BCUT2D eigenvalue weighted by atomic mass is 10.1. The SMILES string of the molecule is Cc1nc(/C=C(\C#N)C(=O)Nc2c(C)cccc2C)cs1. The van der Waals surface area contributed by atoms with Crippen LogP contribution in [0.2, 0.25) is 0 Å². The van der Waals surface area contributed by atoms with E-state index in [1.54, 1.807) is 0 Å². The number of para-hydroxylation sites is 1. The molecule has 1 heterocycles. The fourth-order valence-electron chi connectivity index (χ4n) is 1.94. The van der Waals surface area contributed by atoms with Gasteiger partial charge in [-0.25, -0.2) is 4.98 Å². The van der Waals surface area contributed by atoms with E-state index in [1.165, 1.54) is 17.4 Å². The molecule has 1 aromatic heterocycles. The summed E-state index contributed by atoms with van der Waals surface area (Å²) in [4.78, 5) is 16.5. The Morgan fingerprint density at radius 1 is 1.33 bits per heavy atom. The number of hydrogen-bond donors (Lipinski definition) is 1. The zero-order valence-corrected chi connectivity index (χ0v) is 12.9. The number of amides is 1. The fraction of sp³-hybridized carbons (Fsp3) is 0.188. The van der Waals surface area contributed by atoms with Gasteiger partial charge in [-0.15, -0.1) is 11.3 Å². The van der Waals surface area contributed by atoms with Gasteiger partial charge in [0, 0.05) is 11.1 Å². The monoisotopic (exact) mass is 297 g/mol. The van der Waals surface area contributed by atoms with Crippen LogP contribution in [0.3, 0.4) is 0 Å². The van der Waals surface area contributed by atoms with Crippen LogP contribution in [0.5, 0.6) is 0 Å². The summed E-state index contributed by atoms with van der Waals surface area (Å²) >= 11 is 1.48. The van der Waals surface area contributed by atoms with Gasteiger partial charge in [-0.05, 0) is 38.0 Å². The first kappa shape index (κ1) is 14.9. The van der Waals surface area contributed by atoms with Crippen molar-refractivity contribution in [3.63, 3.8) is 0 Å². The van der Waals surface area contributed by atoms with E-state index < -0.39 is 5.91 Å². The van der Waals surface area contributed by atoms with E-state index in [4.69, 9.17) is 0 Å². The molecule has 0 saturated carbocycles. The van der Waals surface area contributed by atoms with E-state index in [9.17, 15) is 10.1 Å². The van der Waals surface area contributed by atoms with Gasteiger partial charge < -0.3 is 5.32 Å². The summed E-state index contributed by atoms with van der Waals surface area (Å²) in [6.07, 6.45) is 1.51. The Balaban J connectivity index is 2.26. The van der Waals surface area contributed by atoms with Crippen molar-refractivity contribution in [1.29, 1.82) is 5.26 Å². The minimum Gasteiger partial charge on any atom is -0.321 e. The minimum absolute atomic E-state index is 0.0444. The number of nitrogens with one attached hydrogen (secondary N) is 1. The van der Waals surface area contributed by atoms with Crippen LogP contribution in [-0.2, 0) is 4.79 Å². The molecule has 1 aromatic carbocycles. The van der Waals surface area contributed by atoms with Crippen molar-refractivity contribution in [2.75, 3.05) is 5.32 Å². The Bertz CT molecular complexity index is 733. The summed E-state index contributed by atoms with van der Waals surface area (Å²) < 4.78 is 0. The largest absolute Gasteiger partial charge is 0.321 e. The third-order valence-corrected chi connectivity index (χ3v) is 3.81. The number of benzene rings is 1. The highest BCUT2D eigenvalue weighted by molar-refractivity contribution is 7.09. The van der Waals surface area contributed by atoms with Crippen LogP contribution in [-0.4, -0.2) is 10.9 Å². The topological polar surface area (TPSA) is 65.8 Å². The lowest BCUT2D eigenvalue weighted by molar-refractivity contribution is -0.112. The van der Waals surface area contributed by atoms with E-state index in [0.717, 1.165) is 21.8 Å². The highest BCUT2D eigenvalue weighted by Crippen LogP contribution is 2.20. The van der Waals surface area contributed by atoms with Crippen molar-refractivity contribution in [3.8, 4) is 6.07 Å². The third kappa shape index (κ3) is 3.56. The Morgan fingerprint density at radius 2 is 2.00 bits per heavy atom. The predicted octanol–water partition coefficient (Wildman–Crippen LogP) is 3.61. The van der Waals surface area contributed by atoms with Crippen LogP contribution in [0.25, 0.3) is 6.08 Å². The van der Waals surface area contributed by atoms with Crippen LogP contribution in [0.4, 0.5) is 5.69 Å². The summed E-state index contributed by atoms with van der Waals surface area (Å²) in [7, 11) is 0. The molecule has 21 heavy (non-hydrogen) atoms. The van der Waals surface area contributed by atoms with Crippen LogP contribution in [0.15, 0.2) is 29.2 Å². The fourth-order valence-corrected chi connectivity index (χ4v) is 2.51. The number of nitrogens with zero attached hydrogens (tertiary/aromatic N) is 2. The number of hydrogen-bond acceptors (Lipinski definition) is 4. The minimum atomic E-state index is -0.416. The number of carbonyl (C=O) groups excluding carboxylic acids is 1. The van der Waals surface area contributed by atoms with Gasteiger partial charge in [-0.1, -0.05) is 18.2 Å². The molecule has 0 atom stereocenters. The lowest BCUT2D eigenvalue weighted by Crippen LogP contribution is -2.15. The number of carbonyl (C=O) groups is 1. The van der Waals surface area contributed by atoms with E-state index in [2.05, 4.69) is 10.3 Å². The summed E-state index contributed by atoms with van der Waals surface area (Å²) in [5.74, 6) is -0.416. The molecule has 5 heteroatoms. The molecule has 0 spiro atoms. The molecule has 4 nitrogen and oxygen atoms in total. The van der Waals surface area contributed by atoms with Crippen molar-refractivity contribution in [2.45, 2.75) is 20.8 Å². The van der Waals surface area contributed by atoms with Crippen LogP contribution in [0, 0.1) is 32.1 Å². The van der Waals surface area contributed by atoms with Gasteiger partial charge in [0.2, 0.25) is 0 Å². The molecule has 0 radical (unpaired) electrons. The van der Waals surface area contributed by atoms with Crippen molar-refractivity contribution in [3.05, 3.63) is 51.0 Å². The maximum Gasteiger partial charge on any atom is 0.266 e. The molecule has 0 aliphatic rings. The summed E-state index contributed by atoms with van der Waals surface area (Å²) in [6.45, 7) is 5.72. The molecular weight excluding hydrogens is 282 g/mol. The molecule has 0 unspecified atom stereocenters. The van der Waals surface area contributed by atoms with Crippen molar-refractivity contribution >= 4 is 29.0 Å². The number of anilines is 1. The van der Waals surface area contributed by atoms with Crippen molar-refractivity contribution in [2.24, 2.45) is 0 Å². The highest BCUT2D eigenvalue weighted by Gasteiger charge is 2.12. The molecule has 0 fully saturated rings. The summed E-state index contributed by atoms with van der Waals surface area (Å²) in [5.41, 5.74) is 3.35. The Morgan fingerprint density at radius 3 is 2.52 bits per heavy atom. The second kappa shape index (κ2) is 6.33. The molecule has 1 amide bonds. The van der Waals surface area contributed by atoms with Crippen LogP contribution >= 0.6 is 11.3 Å². The lowest BCUT2D eigenvalue weighted by Gasteiger charge is -2.10. The molecular formula is C16H15N3OS. The first-order chi connectivity index (χ1) is 10.0. The maximum absolute atomic E-state index is 12.2. The number of thiazole rings is 1. The van der Waals surface area contributed by atoms with E-state index in [0.29, 0.717) is 5.69 Å². The molecule has 0 aliphatic carbocycles. The second-order valence-corrected chi connectivity index (χ2v) is 5.74. The second-order valence-electron chi connectivity index (χ2n) is 4.68. The van der Waals surface area contributed by atoms with Crippen LogP contribution in [0.1, 0.15) is 21.8 Å². The summed E-state index contributed by atoms with van der Waals surface area (Å²) in [6, 6.07) is 7.70. The highest BCUT2D eigenvalue weighted by atomic mass is 32.1. The van der Waals surface area contributed by atoms with Crippen LogP contribution < -0.4 is 5.32 Å². The standard InChI is InChI=1S/C16H15N3OS/c1-10-5-4-6-11(2)15(10)19-16(20)13(8-17)7-14-9-21-12(3)18-14/h4-7,9H,1-3H3,(H,19,20)/b13-7+. The molecule has 0 saturated heterocycles. The summed E-state index contributed by atoms with van der Waals surface area (Å²) in [5, 5.41) is 14.7. The van der Waals surface area contributed by atoms with Crippen molar-refractivity contribution < 1.29 is 4.79 Å². The number of nitriles is 1. The van der Waals surface area contributed by atoms with Gasteiger partial charge in [0.15, 0.2) is 0 Å². The zero-order valence-electron chi connectivity index (χ0n) is 12.1. The molecule has 2 rings (SSSR count). The Labute approximate surface area is 127 Å². The average Bonchev–Trinajstić information content (AvgIpc) is 2.85. The molecule has 1 N–H and O–H groups in total. The normalized spacial score (nSPS) is 11.0. The van der Waals surface area contributed by atoms with Gasteiger partial charge in [0.05, 0.1) is 10.7 Å². The number of aromatic nitrogens is 1. The molecule has 0 bridgehead atoms. The zero-order chi connectivity index (χ0) is 15.4. The van der Waals surface area contributed by atoms with Gasteiger partial charge in [-0.2, -0.15) is 5.26 Å².